The van der Waals surface area contributed by atoms with Crippen LogP contribution in [0.2, 0.25) is 5.02 Å². The molecule has 0 aliphatic carbocycles. The van der Waals surface area contributed by atoms with Gasteiger partial charge in [-0.15, -0.1) is 11.3 Å². The molecule has 0 radical (unpaired) electrons. The first-order chi connectivity index (χ1) is 13.9. The number of thiophene rings is 1. The van der Waals surface area contributed by atoms with Crippen LogP contribution in [0.3, 0.4) is 0 Å². The summed E-state index contributed by atoms with van der Waals surface area (Å²) in [4.78, 5) is 38.2. The standard InChI is InChI=1S/C21H12ClFN2O3S/c22-14-10-11(6-8-15(14)23)18(27)17-13-7-9-16(26)25(12-4-2-1-3-5-12)21(13)29-19(17)20(24)28/h1-10H,(H2,24,28). The predicted octanol–water partition coefficient (Wildman–Crippen LogP) is 4.17. The Morgan fingerprint density at radius 3 is 2.41 bits per heavy atom. The van der Waals surface area contributed by atoms with E-state index < -0.39 is 17.5 Å². The molecule has 0 saturated heterocycles. The lowest BCUT2D eigenvalue weighted by atomic mass is 10.0. The number of benzene rings is 2. The molecule has 29 heavy (non-hydrogen) atoms. The zero-order valence-corrected chi connectivity index (χ0v) is 16.3. The first-order valence-electron chi connectivity index (χ1n) is 8.42. The highest BCUT2D eigenvalue weighted by molar-refractivity contribution is 7.21. The van der Waals surface area contributed by atoms with Gasteiger partial charge in [0.2, 0.25) is 0 Å². The van der Waals surface area contributed by atoms with E-state index in [2.05, 4.69) is 0 Å². The Morgan fingerprint density at radius 2 is 1.76 bits per heavy atom. The Morgan fingerprint density at radius 1 is 1.03 bits per heavy atom. The van der Waals surface area contributed by atoms with Crippen molar-refractivity contribution in [2.75, 3.05) is 0 Å². The number of carbonyl (C=O) groups excluding carboxylic acids is 2. The Kier molecular flexibility index (Phi) is 4.77. The van der Waals surface area contributed by atoms with Gasteiger partial charge in [-0.3, -0.25) is 19.0 Å². The van der Waals surface area contributed by atoms with Gasteiger partial charge in [-0.05, 0) is 36.4 Å². The number of aromatic nitrogens is 1. The zero-order valence-electron chi connectivity index (χ0n) is 14.7. The third-order valence-corrected chi connectivity index (χ3v) is 5.88. The molecule has 0 fully saturated rings. The van der Waals surface area contributed by atoms with Crippen LogP contribution in [0.5, 0.6) is 0 Å². The quantitative estimate of drug-likeness (QED) is 0.497. The SMILES string of the molecule is NC(=O)c1sc2c(ccc(=O)n2-c2ccccc2)c1C(=O)c1ccc(F)c(Cl)c1. The van der Waals surface area contributed by atoms with E-state index in [9.17, 15) is 18.8 Å². The second-order valence-corrected chi connectivity index (χ2v) is 7.60. The van der Waals surface area contributed by atoms with Crippen molar-refractivity contribution in [3.05, 3.63) is 97.9 Å². The molecule has 2 aromatic heterocycles. The first-order valence-corrected chi connectivity index (χ1v) is 9.61. The van der Waals surface area contributed by atoms with Crippen molar-refractivity contribution >= 4 is 44.8 Å². The van der Waals surface area contributed by atoms with Crippen molar-refractivity contribution in [1.29, 1.82) is 0 Å². The Hall–Kier alpha value is -3.29. The van der Waals surface area contributed by atoms with E-state index in [0.717, 1.165) is 17.4 Å². The molecule has 0 unspecified atom stereocenters. The maximum atomic E-state index is 13.5. The van der Waals surface area contributed by atoms with Gasteiger partial charge in [0.25, 0.3) is 11.5 Å². The van der Waals surface area contributed by atoms with Crippen LogP contribution in [0.1, 0.15) is 25.6 Å². The number of fused-ring (bicyclic) bond motifs is 1. The van der Waals surface area contributed by atoms with Crippen LogP contribution in [0.15, 0.2) is 65.5 Å². The van der Waals surface area contributed by atoms with Crippen LogP contribution in [-0.2, 0) is 0 Å². The molecule has 144 valence electrons. The fraction of sp³-hybridized carbons (Fsp3) is 0. The molecule has 2 aromatic carbocycles. The van der Waals surface area contributed by atoms with Crippen LogP contribution in [0.4, 0.5) is 4.39 Å². The summed E-state index contributed by atoms with van der Waals surface area (Å²) in [6.07, 6.45) is 0. The van der Waals surface area contributed by atoms with Crippen molar-refractivity contribution < 1.29 is 14.0 Å². The second-order valence-electron chi connectivity index (χ2n) is 6.19. The number of amides is 1. The minimum Gasteiger partial charge on any atom is -0.365 e. The summed E-state index contributed by atoms with van der Waals surface area (Å²) >= 11 is 6.76. The average Bonchev–Trinajstić information content (AvgIpc) is 3.10. The highest BCUT2D eigenvalue weighted by Gasteiger charge is 2.26. The van der Waals surface area contributed by atoms with Crippen LogP contribution in [0, 0.1) is 5.82 Å². The van der Waals surface area contributed by atoms with Gasteiger partial charge in [0, 0.05) is 17.0 Å². The number of nitrogens with zero attached hydrogens (tertiary/aromatic N) is 1. The number of carbonyl (C=O) groups is 2. The largest absolute Gasteiger partial charge is 0.365 e. The average molecular weight is 427 g/mol. The second kappa shape index (κ2) is 7.27. The summed E-state index contributed by atoms with van der Waals surface area (Å²) in [5.74, 6) is -1.99. The number of para-hydroxylation sites is 1. The van der Waals surface area contributed by atoms with Crippen molar-refractivity contribution in [1.82, 2.24) is 4.57 Å². The van der Waals surface area contributed by atoms with E-state index in [-0.39, 0.29) is 26.6 Å². The summed E-state index contributed by atoms with van der Waals surface area (Å²) in [7, 11) is 0. The normalized spacial score (nSPS) is 11.0. The molecular formula is C21H12ClFN2O3S. The van der Waals surface area contributed by atoms with Crippen molar-refractivity contribution in [2.24, 2.45) is 5.73 Å². The van der Waals surface area contributed by atoms with Crippen molar-refractivity contribution in [3.8, 4) is 5.69 Å². The van der Waals surface area contributed by atoms with Gasteiger partial charge in [0.15, 0.2) is 5.78 Å². The third kappa shape index (κ3) is 3.24. The lowest BCUT2D eigenvalue weighted by molar-refractivity contribution is 0.0985. The topological polar surface area (TPSA) is 82.2 Å². The lowest BCUT2D eigenvalue weighted by Gasteiger charge is -2.07. The van der Waals surface area contributed by atoms with E-state index in [1.165, 1.54) is 28.8 Å². The minimum atomic E-state index is -0.796. The molecule has 0 aliphatic heterocycles. The molecule has 1 amide bonds. The van der Waals surface area contributed by atoms with E-state index in [1.54, 1.807) is 24.3 Å². The van der Waals surface area contributed by atoms with Gasteiger partial charge in [0.05, 0.1) is 16.3 Å². The monoisotopic (exact) mass is 426 g/mol. The van der Waals surface area contributed by atoms with Gasteiger partial charge in [-0.2, -0.15) is 0 Å². The summed E-state index contributed by atoms with van der Waals surface area (Å²) in [6.45, 7) is 0. The third-order valence-electron chi connectivity index (χ3n) is 4.39. The number of hydrogen-bond donors (Lipinski definition) is 1. The number of nitrogens with two attached hydrogens (primary N) is 1. The summed E-state index contributed by atoms with van der Waals surface area (Å²) < 4.78 is 14.9. The summed E-state index contributed by atoms with van der Waals surface area (Å²) in [6, 6.07) is 15.2. The Labute approximate surface area is 172 Å². The highest BCUT2D eigenvalue weighted by atomic mass is 35.5. The number of hydrogen-bond acceptors (Lipinski definition) is 4. The van der Waals surface area contributed by atoms with Gasteiger partial charge >= 0.3 is 0 Å². The Balaban J connectivity index is 2.03. The van der Waals surface area contributed by atoms with Gasteiger partial charge < -0.3 is 5.73 Å². The number of ketones is 1. The molecular weight excluding hydrogens is 415 g/mol. The first kappa shape index (κ1) is 19.0. The smallest absolute Gasteiger partial charge is 0.259 e. The van der Waals surface area contributed by atoms with Crippen molar-refractivity contribution in [2.45, 2.75) is 0 Å². The highest BCUT2D eigenvalue weighted by Crippen LogP contribution is 2.33. The van der Waals surface area contributed by atoms with E-state index in [0.29, 0.717) is 15.9 Å². The van der Waals surface area contributed by atoms with Crippen LogP contribution < -0.4 is 11.3 Å². The fourth-order valence-corrected chi connectivity index (χ4v) is 4.43. The van der Waals surface area contributed by atoms with Gasteiger partial charge in [-0.25, -0.2) is 4.39 Å². The number of halogens is 2. The Bertz CT molecular complexity index is 1350. The summed E-state index contributed by atoms with van der Waals surface area (Å²) in [5.41, 5.74) is 5.96. The predicted molar refractivity (Wildman–Crippen MR) is 111 cm³/mol. The molecule has 0 saturated carbocycles. The minimum absolute atomic E-state index is 0.0146. The maximum Gasteiger partial charge on any atom is 0.259 e. The zero-order chi connectivity index (χ0) is 20.7. The molecule has 4 aromatic rings. The van der Waals surface area contributed by atoms with Crippen LogP contribution >= 0.6 is 22.9 Å². The van der Waals surface area contributed by atoms with E-state index in [4.69, 9.17) is 17.3 Å². The molecule has 2 N–H and O–H groups in total. The summed E-state index contributed by atoms with van der Waals surface area (Å²) in [5, 5.41) is 0.190. The molecule has 0 atom stereocenters. The molecule has 0 spiro atoms. The molecule has 5 nitrogen and oxygen atoms in total. The van der Waals surface area contributed by atoms with Crippen LogP contribution in [0.25, 0.3) is 15.9 Å². The van der Waals surface area contributed by atoms with Crippen molar-refractivity contribution in [3.63, 3.8) is 0 Å². The van der Waals surface area contributed by atoms with Gasteiger partial charge in [0.1, 0.15) is 15.5 Å². The van der Waals surface area contributed by atoms with Crippen LogP contribution in [-0.4, -0.2) is 16.3 Å². The maximum absolute atomic E-state index is 13.5. The molecule has 4 rings (SSSR count). The van der Waals surface area contributed by atoms with Gasteiger partial charge in [-0.1, -0.05) is 29.8 Å². The molecule has 0 bridgehead atoms. The number of rotatable bonds is 4. The van der Waals surface area contributed by atoms with E-state index >= 15 is 0 Å². The molecule has 8 heteroatoms. The number of pyridine rings is 1. The molecule has 0 aliphatic rings. The molecule has 2 heterocycles. The fourth-order valence-electron chi connectivity index (χ4n) is 3.08. The number of primary amides is 1. The van der Waals surface area contributed by atoms with E-state index in [1.807, 2.05) is 6.07 Å². The lowest BCUT2D eigenvalue weighted by Crippen LogP contribution is -2.16.